The second-order valence-electron chi connectivity index (χ2n) is 4.35. The van der Waals surface area contributed by atoms with E-state index in [-0.39, 0.29) is 6.04 Å². The number of nitrogens with zero attached hydrogens (tertiary/aromatic N) is 1. The zero-order chi connectivity index (χ0) is 11.4. The first-order valence-electron chi connectivity index (χ1n) is 5.72. The van der Waals surface area contributed by atoms with Gasteiger partial charge in [-0.2, -0.15) is 0 Å². The quantitative estimate of drug-likeness (QED) is 0.689. The first-order valence-corrected chi connectivity index (χ1v) is 5.72. The normalized spacial score (nSPS) is 30.5. The van der Waals surface area contributed by atoms with Crippen molar-refractivity contribution in [3.05, 3.63) is 12.2 Å². The zero-order valence-electron chi connectivity index (χ0n) is 9.26. The third-order valence-electron chi connectivity index (χ3n) is 3.08. The molecule has 0 spiro atoms. The van der Waals surface area contributed by atoms with Gasteiger partial charge in [-0.15, -0.1) is 0 Å². The molecule has 1 fully saturated rings. The highest BCUT2D eigenvalue weighted by Gasteiger charge is 2.22. The molecular formula is C11H18N2O3. The number of carboxylic acid groups (broad SMARTS) is 1. The highest BCUT2D eigenvalue weighted by Crippen LogP contribution is 2.19. The number of hydrogen-bond acceptors (Lipinski definition) is 3. The molecule has 0 aromatic heterocycles. The third-order valence-corrected chi connectivity index (χ3v) is 3.08. The Morgan fingerprint density at radius 3 is 2.88 bits per heavy atom. The first-order chi connectivity index (χ1) is 7.74. The van der Waals surface area contributed by atoms with Crippen LogP contribution in [0.3, 0.4) is 0 Å². The monoisotopic (exact) mass is 226 g/mol. The molecule has 1 aliphatic carbocycles. The Bertz CT molecular complexity index is 274. The number of morpholine rings is 1. The van der Waals surface area contributed by atoms with Crippen LogP contribution < -0.4 is 5.32 Å². The molecule has 0 radical (unpaired) electrons. The van der Waals surface area contributed by atoms with E-state index in [1.54, 1.807) is 0 Å². The van der Waals surface area contributed by atoms with Gasteiger partial charge in [0.1, 0.15) is 0 Å². The largest absolute Gasteiger partial charge is 0.465 e. The van der Waals surface area contributed by atoms with E-state index >= 15 is 0 Å². The van der Waals surface area contributed by atoms with Crippen molar-refractivity contribution in [3.63, 3.8) is 0 Å². The van der Waals surface area contributed by atoms with Crippen molar-refractivity contribution in [2.24, 2.45) is 5.92 Å². The van der Waals surface area contributed by atoms with Crippen molar-refractivity contribution in [2.75, 3.05) is 32.8 Å². The van der Waals surface area contributed by atoms with E-state index in [0.29, 0.717) is 5.92 Å². The van der Waals surface area contributed by atoms with E-state index in [0.717, 1.165) is 39.3 Å². The predicted molar refractivity (Wildman–Crippen MR) is 59.5 cm³/mol. The summed E-state index contributed by atoms with van der Waals surface area (Å²) in [7, 11) is 0. The maximum atomic E-state index is 10.5. The minimum absolute atomic E-state index is 0.0106. The number of rotatable bonds is 3. The van der Waals surface area contributed by atoms with E-state index in [4.69, 9.17) is 9.84 Å². The van der Waals surface area contributed by atoms with Crippen LogP contribution >= 0.6 is 0 Å². The van der Waals surface area contributed by atoms with E-state index in [9.17, 15) is 4.79 Å². The summed E-state index contributed by atoms with van der Waals surface area (Å²) in [6.07, 6.45) is 4.01. The number of amides is 1. The topological polar surface area (TPSA) is 61.8 Å². The molecule has 1 saturated heterocycles. The van der Waals surface area contributed by atoms with Crippen molar-refractivity contribution < 1.29 is 14.6 Å². The van der Waals surface area contributed by atoms with Crippen LogP contribution in [0.2, 0.25) is 0 Å². The smallest absolute Gasteiger partial charge is 0.405 e. The van der Waals surface area contributed by atoms with Crippen molar-refractivity contribution in [3.8, 4) is 0 Å². The minimum Gasteiger partial charge on any atom is -0.465 e. The molecule has 5 heteroatoms. The van der Waals surface area contributed by atoms with Gasteiger partial charge < -0.3 is 15.2 Å². The summed E-state index contributed by atoms with van der Waals surface area (Å²) < 4.78 is 5.29. The fourth-order valence-electron chi connectivity index (χ4n) is 2.29. The number of carbonyl (C=O) groups is 1. The lowest BCUT2D eigenvalue weighted by Gasteiger charge is -2.28. The molecule has 0 aromatic rings. The van der Waals surface area contributed by atoms with Crippen LogP contribution in [0.1, 0.15) is 6.42 Å². The number of ether oxygens (including phenoxy) is 1. The average Bonchev–Trinajstić information content (AvgIpc) is 2.66. The Morgan fingerprint density at radius 1 is 1.44 bits per heavy atom. The molecule has 90 valence electrons. The van der Waals surface area contributed by atoms with Crippen molar-refractivity contribution in [1.82, 2.24) is 10.2 Å². The number of nitrogens with one attached hydrogen (secondary N) is 1. The predicted octanol–water partition coefficient (Wildman–Crippen LogP) is 0.531. The Morgan fingerprint density at radius 2 is 2.19 bits per heavy atom. The summed E-state index contributed by atoms with van der Waals surface area (Å²) in [5.74, 6) is 0.468. The standard InChI is InChI=1S/C11H18N2O3/c14-11(15)12-10-2-1-9(7-10)8-13-3-5-16-6-4-13/h1-2,9-10,12H,3-8H2,(H,14,15)/t9-,10?/m0/s1. The zero-order valence-corrected chi connectivity index (χ0v) is 9.26. The van der Waals surface area contributed by atoms with Gasteiger partial charge in [-0.05, 0) is 12.3 Å². The maximum absolute atomic E-state index is 10.5. The molecule has 16 heavy (non-hydrogen) atoms. The Hall–Kier alpha value is -1.07. The van der Waals surface area contributed by atoms with Crippen LogP contribution in [0.15, 0.2) is 12.2 Å². The summed E-state index contributed by atoms with van der Waals surface area (Å²) >= 11 is 0. The van der Waals surface area contributed by atoms with Crippen LogP contribution in [-0.4, -0.2) is 55.0 Å². The van der Waals surface area contributed by atoms with Gasteiger partial charge in [0.25, 0.3) is 0 Å². The Balaban J connectivity index is 1.72. The summed E-state index contributed by atoms with van der Waals surface area (Å²) in [5, 5.41) is 11.1. The van der Waals surface area contributed by atoms with Gasteiger partial charge in [0, 0.05) is 19.6 Å². The highest BCUT2D eigenvalue weighted by molar-refractivity contribution is 5.65. The minimum atomic E-state index is -0.943. The molecular weight excluding hydrogens is 208 g/mol. The van der Waals surface area contributed by atoms with Gasteiger partial charge in [0.2, 0.25) is 0 Å². The van der Waals surface area contributed by atoms with Gasteiger partial charge in [-0.3, -0.25) is 4.90 Å². The molecule has 2 aliphatic rings. The Kier molecular flexibility index (Phi) is 3.79. The molecule has 2 N–H and O–H groups in total. The molecule has 1 heterocycles. The lowest BCUT2D eigenvalue weighted by atomic mass is 10.1. The third kappa shape index (κ3) is 3.21. The fraction of sp³-hybridized carbons (Fsp3) is 0.727. The molecule has 0 aromatic carbocycles. The van der Waals surface area contributed by atoms with E-state index < -0.39 is 6.09 Å². The molecule has 1 aliphatic heterocycles. The van der Waals surface area contributed by atoms with E-state index in [1.165, 1.54) is 0 Å². The maximum Gasteiger partial charge on any atom is 0.405 e. The summed E-state index contributed by atoms with van der Waals surface area (Å²) in [4.78, 5) is 12.9. The fourth-order valence-corrected chi connectivity index (χ4v) is 2.29. The molecule has 5 nitrogen and oxygen atoms in total. The van der Waals surface area contributed by atoms with E-state index in [2.05, 4.69) is 16.3 Å². The average molecular weight is 226 g/mol. The van der Waals surface area contributed by atoms with Gasteiger partial charge in [0.15, 0.2) is 0 Å². The van der Waals surface area contributed by atoms with Crippen molar-refractivity contribution >= 4 is 6.09 Å². The SMILES string of the molecule is O=C(O)NC1C=C[C@H](CN2CCOCC2)C1. The number of hydrogen-bond donors (Lipinski definition) is 2. The lowest BCUT2D eigenvalue weighted by Crippen LogP contribution is -2.39. The summed E-state index contributed by atoms with van der Waals surface area (Å²) in [6.45, 7) is 4.61. The van der Waals surface area contributed by atoms with Crippen LogP contribution in [0.25, 0.3) is 0 Å². The molecule has 0 bridgehead atoms. The van der Waals surface area contributed by atoms with Gasteiger partial charge >= 0.3 is 6.09 Å². The van der Waals surface area contributed by atoms with Gasteiger partial charge in [-0.25, -0.2) is 4.79 Å². The first kappa shape index (κ1) is 11.4. The molecule has 1 unspecified atom stereocenters. The van der Waals surface area contributed by atoms with Gasteiger partial charge in [-0.1, -0.05) is 12.2 Å². The highest BCUT2D eigenvalue weighted by atomic mass is 16.5. The lowest BCUT2D eigenvalue weighted by molar-refractivity contribution is 0.0332. The molecule has 2 atom stereocenters. The van der Waals surface area contributed by atoms with Crippen molar-refractivity contribution in [2.45, 2.75) is 12.5 Å². The van der Waals surface area contributed by atoms with Crippen LogP contribution in [0.5, 0.6) is 0 Å². The van der Waals surface area contributed by atoms with E-state index in [1.807, 2.05) is 6.08 Å². The molecule has 1 amide bonds. The van der Waals surface area contributed by atoms with Crippen LogP contribution in [0, 0.1) is 5.92 Å². The van der Waals surface area contributed by atoms with Gasteiger partial charge in [0.05, 0.1) is 19.3 Å². The Labute approximate surface area is 95.1 Å². The second-order valence-corrected chi connectivity index (χ2v) is 4.35. The van der Waals surface area contributed by atoms with Crippen LogP contribution in [0.4, 0.5) is 4.79 Å². The summed E-state index contributed by atoms with van der Waals surface area (Å²) in [6, 6.07) is -0.0106. The second kappa shape index (κ2) is 5.32. The molecule has 0 saturated carbocycles. The molecule has 2 rings (SSSR count). The van der Waals surface area contributed by atoms with Crippen LogP contribution in [-0.2, 0) is 4.74 Å². The van der Waals surface area contributed by atoms with Crippen molar-refractivity contribution in [1.29, 1.82) is 0 Å². The summed E-state index contributed by atoms with van der Waals surface area (Å²) in [5.41, 5.74) is 0.